The van der Waals surface area contributed by atoms with Gasteiger partial charge in [-0.3, -0.25) is 10.2 Å². The summed E-state index contributed by atoms with van der Waals surface area (Å²) >= 11 is 0. The van der Waals surface area contributed by atoms with Gasteiger partial charge in [0.25, 0.3) is 0 Å². The Kier molecular flexibility index (Phi) is 7.46. The Morgan fingerprint density at radius 3 is 2.71 bits per heavy atom. The number of aliphatic hydroxyl groups is 2. The van der Waals surface area contributed by atoms with Crippen LogP contribution in [-0.2, 0) is 14.3 Å². The summed E-state index contributed by atoms with van der Waals surface area (Å²) in [4.78, 5) is 11.4. The first kappa shape index (κ1) is 18.2. The number of rotatable bonds is 7. The number of aliphatic hydroxyl groups excluding tert-OH is 2. The molecule has 5 unspecified atom stereocenters. The molecule has 0 spiro atoms. The highest BCUT2D eigenvalue weighted by atomic mass is 16.7. The monoisotopic (exact) mass is 307 g/mol. The van der Waals surface area contributed by atoms with E-state index in [1.807, 2.05) is 13.8 Å². The number of hydrogen-bond acceptors (Lipinski definition) is 8. The van der Waals surface area contributed by atoms with Crippen LogP contribution in [0.5, 0.6) is 0 Å². The van der Waals surface area contributed by atoms with Crippen molar-refractivity contribution in [2.24, 2.45) is 5.92 Å². The molecule has 0 aromatic carbocycles. The van der Waals surface area contributed by atoms with E-state index in [-0.39, 0.29) is 24.9 Å². The molecule has 1 amide bonds. The molecule has 1 saturated heterocycles. The lowest BCUT2D eigenvalue weighted by Gasteiger charge is -2.46. The number of hydroxylamine groups is 1. The van der Waals surface area contributed by atoms with Crippen molar-refractivity contribution in [3.05, 3.63) is 0 Å². The van der Waals surface area contributed by atoms with Gasteiger partial charge < -0.3 is 24.9 Å². The second-order valence-electron chi connectivity index (χ2n) is 5.10. The van der Waals surface area contributed by atoms with Crippen LogP contribution in [0.25, 0.3) is 0 Å². The molecule has 0 aliphatic carbocycles. The number of hydrogen-bond donors (Lipinski definition) is 5. The first-order valence-corrected chi connectivity index (χ1v) is 6.97. The zero-order valence-electron chi connectivity index (χ0n) is 12.5. The predicted octanol–water partition coefficient (Wildman–Crippen LogP) is -0.910. The van der Waals surface area contributed by atoms with Gasteiger partial charge in [0.15, 0.2) is 0 Å². The molecule has 1 aliphatic rings. The second-order valence-corrected chi connectivity index (χ2v) is 5.10. The van der Waals surface area contributed by atoms with Crippen LogP contribution >= 0.6 is 0 Å². The van der Waals surface area contributed by atoms with E-state index in [0.29, 0.717) is 0 Å². The number of ether oxygens (including phenoxy) is 2. The Morgan fingerprint density at radius 2 is 2.24 bits per heavy atom. The fraction of sp³-hybridized carbons (Fsp3) is 0.917. The van der Waals surface area contributed by atoms with Crippen molar-refractivity contribution in [2.45, 2.75) is 58.6 Å². The summed E-state index contributed by atoms with van der Waals surface area (Å²) < 4.78 is 11.0. The van der Waals surface area contributed by atoms with Crippen molar-refractivity contribution < 1.29 is 29.7 Å². The highest BCUT2D eigenvalue weighted by Gasteiger charge is 2.40. The fourth-order valence-electron chi connectivity index (χ4n) is 2.17. The summed E-state index contributed by atoms with van der Waals surface area (Å²) in [7, 11) is 0. The van der Waals surface area contributed by atoms with E-state index in [2.05, 4.69) is 5.43 Å². The molecule has 21 heavy (non-hydrogen) atoms. The molecule has 1 rings (SSSR count). The summed E-state index contributed by atoms with van der Waals surface area (Å²) in [5.74, 6) is -0.258. The van der Waals surface area contributed by atoms with E-state index in [4.69, 9.17) is 14.7 Å². The lowest BCUT2D eigenvalue weighted by molar-refractivity contribution is -0.307. The van der Waals surface area contributed by atoms with Gasteiger partial charge >= 0.3 is 0 Å². The molecule has 0 radical (unpaired) electrons. The third-order valence-electron chi connectivity index (χ3n) is 3.40. The predicted molar refractivity (Wildman–Crippen MR) is 71.3 cm³/mol. The Labute approximate surface area is 123 Å². The van der Waals surface area contributed by atoms with Crippen LogP contribution in [0.4, 0.5) is 0 Å². The zero-order chi connectivity index (χ0) is 16.0. The molecular formula is C12H25N3O6. The van der Waals surface area contributed by atoms with Gasteiger partial charge in [0.2, 0.25) is 12.3 Å². The highest BCUT2D eigenvalue weighted by Crippen LogP contribution is 2.27. The molecule has 0 bridgehead atoms. The third-order valence-corrected chi connectivity index (χ3v) is 3.40. The third kappa shape index (κ3) is 5.15. The summed E-state index contributed by atoms with van der Waals surface area (Å²) in [5.41, 5.74) is 4.18. The second kappa shape index (κ2) is 8.59. The molecule has 9 heteroatoms. The molecular weight excluding hydrogens is 282 g/mol. The zero-order valence-corrected chi connectivity index (χ0v) is 12.5. The lowest BCUT2D eigenvalue weighted by atomic mass is 10.0. The first-order chi connectivity index (χ1) is 9.92. The van der Waals surface area contributed by atoms with Crippen LogP contribution in [0, 0.1) is 5.92 Å². The van der Waals surface area contributed by atoms with Crippen LogP contribution in [-0.4, -0.2) is 57.9 Å². The van der Waals surface area contributed by atoms with Gasteiger partial charge in [-0.15, -0.1) is 0 Å². The summed E-state index contributed by atoms with van der Waals surface area (Å²) in [6.07, 6.45) is -2.35. The van der Waals surface area contributed by atoms with Crippen molar-refractivity contribution in [3.8, 4) is 0 Å². The normalized spacial score (nSPS) is 29.9. The topological polar surface area (TPSA) is 124 Å². The van der Waals surface area contributed by atoms with Crippen LogP contribution in [0.2, 0.25) is 0 Å². The molecule has 9 nitrogen and oxygen atoms in total. The minimum absolute atomic E-state index is 0.0523. The average molecular weight is 307 g/mol. The van der Waals surface area contributed by atoms with Crippen molar-refractivity contribution in [2.75, 3.05) is 6.61 Å². The molecule has 0 aromatic heterocycles. The maximum atomic E-state index is 11.4. The van der Waals surface area contributed by atoms with Gasteiger partial charge in [-0.1, -0.05) is 13.8 Å². The van der Waals surface area contributed by atoms with E-state index >= 15 is 0 Å². The maximum absolute atomic E-state index is 11.4. The number of carbonyl (C=O) groups is 1. The van der Waals surface area contributed by atoms with Gasteiger partial charge in [0.05, 0.1) is 12.7 Å². The van der Waals surface area contributed by atoms with Crippen molar-refractivity contribution in [1.29, 1.82) is 0 Å². The van der Waals surface area contributed by atoms with Crippen molar-refractivity contribution in [3.63, 3.8) is 0 Å². The number of hydrazine groups is 1. The minimum Gasteiger partial charge on any atom is -0.394 e. The Bertz CT molecular complexity index is 330. The van der Waals surface area contributed by atoms with Crippen LogP contribution < -0.4 is 10.9 Å². The number of amides is 1. The fourth-order valence-corrected chi connectivity index (χ4v) is 2.17. The van der Waals surface area contributed by atoms with Gasteiger partial charge in [0, 0.05) is 13.3 Å². The quantitative estimate of drug-likeness (QED) is 0.302. The largest absolute Gasteiger partial charge is 0.394 e. The van der Waals surface area contributed by atoms with Crippen LogP contribution in [0.3, 0.4) is 0 Å². The SMILES string of the molecule is CCC(C)C1OC(CO)CC(OC(O)NO)N1NC(C)=O. The highest BCUT2D eigenvalue weighted by molar-refractivity contribution is 5.72. The van der Waals surface area contributed by atoms with E-state index in [0.717, 1.165) is 6.42 Å². The smallest absolute Gasteiger partial charge is 0.237 e. The molecule has 124 valence electrons. The van der Waals surface area contributed by atoms with Crippen LogP contribution in [0.1, 0.15) is 33.6 Å². The van der Waals surface area contributed by atoms with E-state index < -0.39 is 25.0 Å². The number of carbonyl (C=O) groups excluding carboxylic acids is 1. The van der Waals surface area contributed by atoms with E-state index in [1.54, 1.807) is 5.48 Å². The summed E-state index contributed by atoms with van der Waals surface area (Å²) in [6.45, 7) is 5.06. The average Bonchev–Trinajstić information content (AvgIpc) is 2.47. The number of nitrogens with one attached hydrogen (secondary N) is 2. The van der Waals surface area contributed by atoms with E-state index in [1.165, 1.54) is 11.9 Å². The van der Waals surface area contributed by atoms with E-state index in [9.17, 15) is 15.0 Å². The van der Waals surface area contributed by atoms with Gasteiger partial charge in [-0.05, 0) is 12.3 Å². The summed E-state index contributed by atoms with van der Waals surface area (Å²) in [5, 5.41) is 28.8. The Hall–Kier alpha value is -0.810. The maximum Gasteiger partial charge on any atom is 0.237 e. The van der Waals surface area contributed by atoms with Gasteiger partial charge in [-0.2, -0.15) is 10.5 Å². The molecule has 0 saturated carbocycles. The molecule has 1 aliphatic heterocycles. The lowest BCUT2D eigenvalue weighted by Crippen LogP contribution is -2.63. The van der Waals surface area contributed by atoms with Crippen molar-refractivity contribution >= 4 is 5.91 Å². The molecule has 0 aromatic rings. The number of nitrogens with zero attached hydrogens (tertiary/aromatic N) is 1. The van der Waals surface area contributed by atoms with Gasteiger partial charge in [-0.25, -0.2) is 0 Å². The molecule has 1 fully saturated rings. The standard InChI is InChI=1S/C12H25N3O6/c1-4-7(2)11-15(13-8(3)17)10(21-12(18)14-19)5-9(6-16)20-11/h7,9-12,14,16,18-19H,4-6H2,1-3H3,(H,13,17). The Morgan fingerprint density at radius 1 is 1.57 bits per heavy atom. The summed E-state index contributed by atoms with van der Waals surface area (Å²) in [6, 6.07) is 0. The first-order valence-electron chi connectivity index (χ1n) is 6.97. The van der Waals surface area contributed by atoms with Gasteiger partial charge in [0.1, 0.15) is 12.5 Å². The molecule has 5 atom stereocenters. The molecule has 1 heterocycles. The van der Waals surface area contributed by atoms with Crippen LogP contribution in [0.15, 0.2) is 0 Å². The van der Waals surface area contributed by atoms with Crippen molar-refractivity contribution in [1.82, 2.24) is 15.9 Å². The Balaban J connectivity index is 2.93. The molecule has 5 N–H and O–H groups in total. The minimum atomic E-state index is -1.61.